The molecule has 3 rings (SSSR count). The topological polar surface area (TPSA) is 64.9 Å². The summed E-state index contributed by atoms with van der Waals surface area (Å²) in [6.07, 6.45) is 3.80. The minimum atomic E-state index is 0.0918. The number of hydrogen-bond donors (Lipinski definition) is 1. The average Bonchev–Trinajstić information content (AvgIpc) is 3.03. The molecule has 112 valence electrons. The first-order chi connectivity index (χ1) is 10.1. The van der Waals surface area contributed by atoms with Crippen LogP contribution in [-0.4, -0.2) is 16.2 Å². The minimum Gasteiger partial charge on any atom is -0.339 e. The Balaban J connectivity index is 1.71. The van der Waals surface area contributed by atoms with Gasteiger partial charge in [0.2, 0.25) is 5.89 Å². The number of fused-ring (bicyclic) bond motifs is 1. The van der Waals surface area contributed by atoms with Gasteiger partial charge in [-0.15, -0.1) is 0 Å². The summed E-state index contributed by atoms with van der Waals surface area (Å²) < 4.78 is 5.40. The molecule has 1 heterocycles. The fourth-order valence-electron chi connectivity index (χ4n) is 3.23. The molecule has 1 aromatic heterocycles. The van der Waals surface area contributed by atoms with Gasteiger partial charge in [0.05, 0.1) is 0 Å². The third-order valence-corrected chi connectivity index (χ3v) is 4.14. The molecule has 0 bridgehead atoms. The Kier molecular flexibility index (Phi) is 4.06. The monoisotopic (exact) mass is 285 g/mol. The van der Waals surface area contributed by atoms with Gasteiger partial charge in [0.15, 0.2) is 5.82 Å². The summed E-state index contributed by atoms with van der Waals surface area (Å²) in [6, 6.07) is 8.63. The molecule has 4 nitrogen and oxygen atoms in total. The molecule has 0 saturated heterocycles. The van der Waals surface area contributed by atoms with Crippen LogP contribution in [0.15, 0.2) is 28.8 Å². The molecule has 2 atom stereocenters. The molecule has 0 radical (unpaired) electrons. The zero-order chi connectivity index (χ0) is 14.8. The maximum Gasteiger partial charge on any atom is 0.228 e. The molecule has 2 unspecified atom stereocenters. The summed E-state index contributed by atoms with van der Waals surface area (Å²) in [5.41, 5.74) is 8.87. The quantitative estimate of drug-likeness (QED) is 0.917. The van der Waals surface area contributed by atoms with Gasteiger partial charge in [-0.25, -0.2) is 0 Å². The van der Waals surface area contributed by atoms with Crippen molar-refractivity contribution in [2.24, 2.45) is 11.7 Å². The number of nitrogens with two attached hydrogens (primary N) is 1. The first-order valence-corrected chi connectivity index (χ1v) is 7.79. The Morgan fingerprint density at radius 2 is 2.14 bits per heavy atom. The van der Waals surface area contributed by atoms with Crippen molar-refractivity contribution in [1.82, 2.24) is 10.1 Å². The van der Waals surface area contributed by atoms with Gasteiger partial charge in [-0.3, -0.25) is 0 Å². The SMILES string of the molecule is CC(C)CC(N)Cc1nc(C2CCc3ccccc32)no1. The van der Waals surface area contributed by atoms with Crippen molar-refractivity contribution in [3.8, 4) is 0 Å². The van der Waals surface area contributed by atoms with Crippen LogP contribution in [-0.2, 0) is 12.8 Å². The van der Waals surface area contributed by atoms with Gasteiger partial charge in [-0.1, -0.05) is 43.3 Å². The van der Waals surface area contributed by atoms with E-state index in [9.17, 15) is 0 Å². The van der Waals surface area contributed by atoms with Crippen LogP contribution in [0, 0.1) is 5.92 Å². The van der Waals surface area contributed by atoms with Crippen LogP contribution in [0.4, 0.5) is 0 Å². The number of aryl methyl sites for hydroxylation is 1. The Morgan fingerprint density at radius 1 is 1.33 bits per heavy atom. The molecule has 1 aliphatic rings. The first kappa shape index (κ1) is 14.3. The molecular weight excluding hydrogens is 262 g/mol. The summed E-state index contributed by atoms with van der Waals surface area (Å²) >= 11 is 0. The minimum absolute atomic E-state index is 0.0918. The number of rotatable bonds is 5. The Labute approximate surface area is 125 Å². The van der Waals surface area contributed by atoms with E-state index >= 15 is 0 Å². The highest BCUT2D eigenvalue weighted by atomic mass is 16.5. The molecule has 0 amide bonds. The standard InChI is InChI=1S/C17H23N3O/c1-11(2)9-13(18)10-16-19-17(20-21-16)15-8-7-12-5-3-4-6-14(12)15/h3-6,11,13,15H,7-10,18H2,1-2H3. The van der Waals surface area contributed by atoms with Crippen LogP contribution in [0.1, 0.15) is 55.4 Å². The van der Waals surface area contributed by atoms with E-state index in [0.717, 1.165) is 25.1 Å². The number of benzene rings is 1. The molecule has 0 saturated carbocycles. The fraction of sp³-hybridized carbons (Fsp3) is 0.529. The third-order valence-electron chi connectivity index (χ3n) is 4.14. The molecule has 2 aromatic rings. The third kappa shape index (κ3) is 3.16. The molecule has 21 heavy (non-hydrogen) atoms. The van der Waals surface area contributed by atoms with Gasteiger partial charge in [-0.05, 0) is 36.3 Å². The van der Waals surface area contributed by atoms with E-state index in [1.54, 1.807) is 0 Å². The van der Waals surface area contributed by atoms with Crippen molar-refractivity contribution in [2.45, 2.75) is 51.5 Å². The second-order valence-electron chi connectivity index (χ2n) is 6.43. The normalized spacial score (nSPS) is 19.0. The van der Waals surface area contributed by atoms with Crippen LogP contribution in [0.5, 0.6) is 0 Å². The Morgan fingerprint density at radius 3 is 2.95 bits per heavy atom. The lowest BCUT2D eigenvalue weighted by Gasteiger charge is -2.11. The number of nitrogens with zero attached hydrogens (tertiary/aromatic N) is 2. The largest absolute Gasteiger partial charge is 0.339 e. The van der Waals surface area contributed by atoms with Crippen molar-refractivity contribution in [1.29, 1.82) is 0 Å². The molecule has 2 N–H and O–H groups in total. The van der Waals surface area contributed by atoms with Gasteiger partial charge < -0.3 is 10.3 Å². The van der Waals surface area contributed by atoms with Gasteiger partial charge in [0.1, 0.15) is 0 Å². The fourth-order valence-corrected chi connectivity index (χ4v) is 3.23. The summed E-state index contributed by atoms with van der Waals surface area (Å²) in [5, 5.41) is 4.19. The lowest BCUT2D eigenvalue weighted by Crippen LogP contribution is -2.24. The highest BCUT2D eigenvalue weighted by Gasteiger charge is 2.27. The van der Waals surface area contributed by atoms with Crippen LogP contribution < -0.4 is 5.73 Å². The molecule has 0 aliphatic heterocycles. The van der Waals surface area contributed by atoms with Crippen LogP contribution >= 0.6 is 0 Å². The molecule has 4 heteroatoms. The van der Waals surface area contributed by atoms with Crippen molar-refractivity contribution in [3.05, 3.63) is 47.1 Å². The number of hydrogen-bond acceptors (Lipinski definition) is 4. The molecular formula is C17H23N3O. The zero-order valence-corrected chi connectivity index (χ0v) is 12.7. The molecule has 0 spiro atoms. The van der Waals surface area contributed by atoms with E-state index in [1.807, 2.05) is 0 Å². The van der Waals surface area contributed by atoms with Crippen molar-refractivity contribution in [2.75, 3.05) is 0 Å². The molecule has 0 fully saturated rings. The highest BCUT2D eigenvalue weighted by Crippen LogP contribution is 2.36. The number of aromatic nitrogens is 2. The van der Waals surface area contributed by atoms with Gasteiger partial charge in [0.25, 0.3) is 0 Å². The summed E-state index contributed by atoms with van der Waals surface area (Å²) in [5.74, 6) is 2.35. The Bertz CT molecular complexity index is 606. The van der Waals surface area contributed by atoms with E-state index < -0.39 is 0 Å². The van der Waals surface area contributed by atoms with E-state index in [-0.39, 0.29) is 12.0 Å². The molecule has 1 aliphatic carbocycles. The summed E-state index contributed by atoms with van der Waals surface area (Å²) in [4.78, 5) is 4.58. The van der Waals surface area contributed by atoms with E-state index in [1.165, 1.54) is 11.1 Å². The predicted octanol–water partition coefficient (Wildman–Crippen LogP) is 3.06. The predicted molar refractivity (Wildman–Crippen MR) is 82.0 cm³/mol. The van der Waals surface area contributed by atoms with Gasteiger partial charge in [0, 0.05) is 18.4 Å². The van der Waals surface area contributed by atoms with Crippen LogP contribution in [0.3, 0.4) is 0 Å². The van der Waals surface area contributed by atoms with E-state index in [2.05, 4.69) is 48.3 Å². The average molecular weight is 285 g/mol. The van der Waals surface area contributed by atoms with Crippen LogP contribution in [0.25, 0.3) is 0 Å². The lowest BCUT2D eigenvalue weighted by molar-refractivity contribution is 0.353. The van der Waals surface area contributed by atoms with Gasteiger partial charge in [-0.2, -0.15) is 4.98 Å². The molecule has 1 aromatic carbocycles. The summed E-state index contributed by atoms with van der Waals surface area (Å²) in [7, 11) is 0. The maximum atomic E-state index is 6.12. The summed E-state index contributed by atoms with van der Waals surface area (Å²) in [6.45, 7) is 4.35. The lowest BCUT2D eigenvalue weighted by atomic mass is 10.0. The maximum absolute atomic E-state index is 6.12. The van der Waals surface area contributed by atoms with Crippen molar-refractivity contribution < 1.29 is 4.52 Å². The highest BCUT2D eigenvalue weighted by molar-refractivity contribution is 5.38. The van der Waals surface area contributed by atoms with Gasteiger partial charge >= 0.3 is 0 Å². The second-order valence-corrected chi connectivity index (χ2v) is 6.43. The van der Waals surface area contributed by atoms with Crippen molar-refractivity contribution in [3.63, 3.8) is 0 Å². The van der Waals surface area contributed by atoms with Crippen molar-refractivity contribution >= 4 is 0 Å². The second kappa shape index (κ2) is 5.98. The first-order valence-electron chi connectivity index (χ1n) is 7.79. The van der Waals surface area contributed by atoms with E-state index in [4.69, 9.17) is 10.3 Å². The van der Waals surface area contributed by atoms with Crippen LogP contribution in [0.2, 0.25) is 0 Å². The Hall–Kier alpha value is -1.68. The smallest absolute Gasteiger partial charge is 0.228 e. The zero-order valence-electron chi connectivity index (χ0n) is 12.7. The van der Waals surface area contributed by atoms with E-state index in [0.29, 0.717) is 18.2 Å².